The van der Waals surface area contributed by atoms with Crippen molar-refractivity contribution in [2.24, 2.45) is 0 Å². The molecule has 3 aromatic rings. The molecule has 0 aliphatic carbocycles. The number of anilines is 1. The van der Waals surface area contributed by atoms with Gasteiger partial charge < -0.3 is 10.1 Å². The van der Waals surface area contributed by atoms with Crippen LogP contribution in [-0.2, 0) is 6.54 Å². The number of carbonyl (C=O) groups excluding carboxylic acids is 1. The Morgan fingerprint density at radius 1 is 1.14 bits per heavy atom. The van der Waals surface area contributed by atoms with Crippen LogP contribution in [0.25, 0.3) is 0 Å². The van der Waals surface area contributed by atoms with Crippen LogP contribution in [0.3, 0.4) is 0 Å². The van der Waals surface area contributed by atoms with Gasteiger partial charge in [-0.2, -0.15) is 13.9 Å². The largest absolute Gasteiger partial charge is 0.434 e. The lowest BCUT2D eigenvalue weighted by Gasteiger charge is -2.11. The molecule has 146 valence electrons. The van der Waals surface area contributed by atoms with Gasteiger partial charge in [-0.25, -0.2) is 4.39 Å². The number of benzene rings is 2. The summed E-state index contributed by atoms with van der Waals surface area (Å²) >= 11 is 0. The number of halogens is 3. The molecule has 1 amide bonds. The first-order valence-electron chi connectivity index (χ1n) is 8.49. The minimum Gasteiger partial charge on any atom is -0.434 e. The van der Waals surface area contributed by atoms with Gasteiger partial charge in [-0.15, -0.1) is 0 Å². The maximum atomic E-state index is 13.9. The molecular formula is C20H18F3N3O2. The van der Waals surface area contributed by atoms with Gasteiger partial charge in [-0.3, -0.25) is 9.48 Å². The highest BCUT2D eigenvalue weighted by atomic mass is 19.3. The van der Waals surface area contributed by atoms with E-state index in [2.05, 4.69) is 15.2 Å². The SMILES string of the molecule is Cc1nn(Cc2ccccc2F)c(C)c1NC(=O)c1ccccc1OC(F)F. The summed E-state index contributed by atoms with van der Waals surface area (Å²) in [5.41, 5.74) is 2.01. The number of nitrogens with zero attached hydrogens (tertiary/aromatic N) is 2. The van der Waals surface area contributed by atoms with Crippen LogP contribution in [0, 0.1) is 19.7 Å². The van der Waals surface area contributed by atoms with E-state index in [1.807, 2.05) is 0 Å². The molecule has 0 unspecified atom stereocenters. The number of rotatable bonds is 6. The molecule has 0 fully saturated rings. The normalized spacial score (nSPS) is 10.9. The number of nitrogens with one attached hydrogen (secondary N) is 1. The van der Waals surface area contributed by atoms with Crippen molar-refractivity contribution in [2.75, 3.05) is 5.32 Å². The molecule has 28 heavy (non-hydrogen) atoms. The molecule has 0 spiro atoms. The predicted molar refractivity (Wildman–Crippen MR) is 98.2 cm³/mol. The molecule has 1 heterocycles. The number of carbonyl (C=O) groups is 1. The van der Waals surface area contributed by atoms with Crippen molar-refractivity contribution < 1.29 is 22.7 Å². The van der Waals surface area contributed by atoms with Crippen LogP contribution in [0.15, 0.2) is 48.5 Å². The third-order valence-corrected chi connectivity index (χ3v) is 4.25. The summed E-state index contributed by atoms with van der Waals surface area (Å²) in [7, 11) is 0. The Balaban J connectivity index is 1.85. The molecule has 0 saturated heterocycles. The van der Waals surface area contributed by atoms with Crippen molar-refractivity contribution in [1.29, 1.82) is 0 Å². The minimum atomic E-state index is -3.04. The molecule has 5 nitrogen and oxygen atoms in total. The quantitative estimate of drug-likeness (QED) is 0.673. The molecule has 0 radical (unpaired) electrons. The number of aromatic nitrogens is 2. The fourth-order valence-corrected chi connectivity index (χ4v) is 2.85. The monoisotopic (exact) mass is 389 g/mol. The van der Waals surface area contributed by atoms with E-state index in [1.165, 1.54) is 24.3 Å². The summed E-state index contributed by atoms with van der Waals surface area (Å²) in [4.78, 5) is 12.6. The van der Waals surface area contributed by atoms with Gasteiger partial charge in [0.1, 0.15) is 11.6 Å². The zero-order valence-corrected chi connectivity index (χ0v) is 15.2. The van der Waals surface area contributed by atoms with Gasteiger partial charge in [-0.1, -0.05) is 30.3 Å². The van der Waals surface area contributed by atoms with Crippen molar-refractivity contribution in [1.82, 2.24) is 9.78 Å². The average Bonchev–Trinajstić information content (AvgIpc) is 2.91. The molecule has 1 N–H and O–H groups in total. The summed E-state index contributed by atoms with van der Waals surface area (Å²) in [6, 6.07) is 12.1. The van der Waals surface area contributed by atoms with Gasteiger partial charge >= 0.3 is 6.61 Å². The molecule has 8 heteroatoms. The number of hydrogen-bond donors (Lipinski definition) is 1. The number of amides is 1. The van der Waals surface area contributed by atoms with Crippen LogP contribution in [0.5, 0.6) is 5.75 Å². The van der Waals surface area contributed by atoms with E-state index in [0.717, 1.165) is 0 Å². The number of ether oxygens (including phenoxy) is 1. The molecule has 0 bridgehead atoms. The van der Waals surface area contributed by atoms with Crippen molar-refractivity contribution >= 4 is 11.6 Å². The van der Waals surface area contributed by atoms with Gasteiger partial charge in [0.25, 0.3) is 5.91 Å². The number of aryl methyl sites for hydroxylation is 1. The summed E-state index contributed by atoms with van der Waals surface area (Å²) in [6.07, 6.45) is 0. The summed E-state index contributed by atoms with van der Waals surface area (Å²) in [5, 5.41) is 7.04. The molecule has 0 saturated carbocycles. The fraction of sp³-hybridized carbons (Fsp3) is 0.200. The lowest BCUT2D eigenvalue weighted by atomic mass is 10.1. The van der Waals surface area contributed by atoms with E-state index in [4.69, 9.17) is 0 Å². The number of alkyl halides is 2. The molecule has 3 rings (SSSR count). The van der Waals surface area contributed by atoms with Gasteiger partial charge in [0.05, 0.1) is 29.2 Å². The van der Waals surface area contributed by atoms with Gasteiger partial charge in [-0.05, 0) is 32.0 Å². The van der Waals surface area contributed by atoms with Gasteiger partial charge in [0.15, 0.2) is 0 Å². The van der Waals surface area contributed by atoms with Crippen LogP contribution in [0.1, 0.15) is 27.3 Å². The first kappa shape index (κ1) is 19.5. The zero-order valence-electron chi connectivity index (χ0n) is 15.2. The Hall–Kier alpha value is -3.29. The molecule has 2 aromatic carbocycles. The number of hydrogen-bond acceptors (Lipinski definition) is 3. The van der Waals surface area contributed by atoms with Crippen LogP contribution >= 0.6 is 0 Å². The van der Waals surface area contributed by atoms with Crippen LogP contribution in [0.2, 0.25) is 0 Å². The molecule has 0 aliphatic rings. The Kier molecular flexibility index (Phi) is 5.67. The second kappa shape index (κ2) is 8.16. The number of para-hydroxylation sites is 1. The molecule has 0 atom stereocenters. The highest BCUT2D eigenvalue weighted by molar-refractivity contribution is 6.06. The third kappa shape index (κ3) is 4.16. The van der Waals surface area contributed by atoms with E-state index in [9.17, 15) is 18.0 Å². The molecule has 1 aromatic heterocycles. The third-order valence-electron chi connectivity index (χ3n) is 4.25. The second-order valence-electron chi connectivity index (χ2n) is 6.12. The maximum Gasteiger partial charge on any atom is 0.387 e. The fourth-order valence-electron chi connectivity index (χ4n) is 2.85. The van der Waals surface area contributed by atoms with Crippen molar-refractivity contribution in [3.05, 3.63) is 76.9 Å². The highest BCUT2D eigenvalue weighted by Gasteiger charge is 2.19. The first-order valence-corrected chi connectivity index (χ1v) is 8.49. The van der Waals surface area contributed by atoms with Crippen LogP contribution in [0.4, 0.5) is 18.9 Å². The second-order valence-corrected chi connectivity index (χ2v) is 6.12. The van der Waals surface area contributed by atoms with Crippen molar-refractivity contribution in [3.63, 3.8) is 0 Å². The summed E-state index contributed by atoms with van der Waals surface area (Å²) in [6.45, 7) is 0.585. The van der Waals surface area contributed by atoms with E-state index >= 15 is 0 Å². The van der Waals surface area contributed by atoms with E-state index in [-0.39, 0.29) is 23.7 Å². The van der Waals surface area contributed by atoms with Crippen molar-refractivity contribution in [3.8, 4) is 5.75 Å². The van der Waals surface area contributed by atoms with E-state index in [0.29, 0.717) is 22.6 Å². The highest BCUT2D eigenvalue weighted by Crippen LogP contribution is 2.25. The topological polar surface area (TPSA) is 56.2 Å². The van der Waals surface area contributed by atoms with Crippen molar-refractivity contribution in [2.45, 2.75) is 27.0 Å². The first-order chi connectivity index (χ1) is 13.4. The Morgan fingerprint density at radius 2 is 1.82 bits per heavy atom. The van der Waals surface area contributed by atoms with Crippen LogP contribution < -0.4 is 10.1 Å². The summed E-state index contributed by atoms with van der Waals surface area (Å²) in [5.74, 6) is -1.17. The smallest absolute Gasteiger partial charge is 0.387 e. The van der Waals surface area contributed by atoms with E-state index in [1.54, 1.807) is 42.8 Å². The van der Waals surface area contributed by atoms with Gasteiger partial charge in [0.2, 0.25) is 0 Å². The molecular weight excluding hydrogens is 371 g/mol. The Morgan fingerprint density at radius 3 is 2.54 bits per heavy atom. The maximum absolute atomic E-state index is 13.9. The Bertz CT molecular complexity index is 1000. The minimum absolute atomic E-state index is 0.0246. The van der Waals surface area contributed by atoms with E-state index < -0.39 is 12.5 Å². The lowest BCUT2D eigenvalue weighted by Crippen LogP contribution is -2.16. The summed E-state index contributed by atoms with van der Waals surface area (Å²) < 4.78 is 45.0. The standard InChI is InChI=1S/C20H18F3N3O2/c1-12-18(13(2)26(25-12)11-14-7-3-5-9-16(14)21)24-19(27)15-8-4-6-10-17(15)28-20(22)23/h3-10,20H,11H2,1-2H3,(H,24,27). The average molecular weight is 389 g/mol. The van der Waals surface area contributed by atoms with Gasteiger partial charge in [0, 0.05) is 5.56 Å². The lowest BCUT2D eigenvalue weighted by molar-refractivity contribution is -0.0501. The predicted octanol–water partition coefficient (Wildman–Crippen LogP) is 4.54. The van der Waals surface area contributed by atoms with Crippen LogP contribution in [-0.4, -0.2) is 22.3 Å². The Labute approximate surface area is 159 Å². The molecule has 0 aliphatic heterocycles. The zero-order chi connectivity index (χ0) is 20.3.